The van der Waals surface area contributed by atoms with Crippen LogP contribution in [0.25, 0.3) is 0 Å². The van der Waals surface area contributed by atoms with E-state index in [-0.39, 0.29) is 17.8 Å². The number of nitrogen functional groups attached to an aromatic ring is 1. The number of nitrogens with one attached hydrogen (secondary N) is 2. The van der Waals surface area contributed by atoms with E-state index in [0.29, 0.717) is 10.6 Å². The Bertz CT molecular complexity index is 524. The number of amides is 1. The molecule has 1 aromatic heterocycles. The summed E-state index contributed by atoms with van der Waals surface area (Å²) in [7, 11) is 0. The molecular formula is C9H8ClN5O. The molecule has 82 valence electrons. The van der Waals surface area contributed by atoms with Crippen molar-refractivity contribution in [3.63, 3.8) is 0 Å². The molecule has 6 nitrogen and oxygen atoms in total. The van der Waals surface area contributed by atoms with Crippen molar-refractivity contribution in [1.29, 1.82) is 0 Å². The van der Waals surface area contributed by atoms with E-state index >= 15 is 0 Å². The maximum absolute atomic E-state index is 11.7. The average molecular weight is 238 g/mol. The number of carbonyl (C=O) groups excluding carboxylic acids is 1. The first-order valence-corrected chi connectivity index (χ1v) is 4.78. The second-order valence-corrected chi connectivity index (χ2v) is 3.39. The maximum Gasteiger partial charge on any atom is 0.259 e. The van der Waals surface area contributed by atoms with Crippen LogP contribution in [0.1, 0.15) is 10.4 Å². The van der Waals surface area contributed by atoms with E-state index in [0.717, 1.165) is 0 Å². The number of aromatic nitrogens is 3. The van der Waals surface area contributed by atoms with Crippen LogP contribution in [0.15, 0.2) is 24.3 Å². The zero-order valence-electron chi connectivity index (χ0n) is 8.07. The van der Waals surface area contributed by atoms with Crippen molar-refractivity contribution >= 4 is 29.4 Å². The Hall–Kier alpha value is -2.08. The second kappa shape index (κ2) is 4.19. The van der Waals surface area contributed by atoms with Gasteiger partial charge in [-0.15, -0.1) is 5.10 Å². The van der Waals surface area contributed by atoms with Crippen molar-refractivity contribution < 1.29 is 4.79 Å². The fourth-order valence-corrected chi connectivity index (χ4v) is 1.37. The van der Waals surface area contributed by atoms with Gasteiger partial charge in [0.25, 0.3) is 11.9 Å². The smallest absolute Gasteiger partial charge is 0.259 e. The van der Waals surface area contributed by atoms with Gasteiger partial charge in [0.05, 0.1) is 10.6 Å². The lowest BCUT2D eigenvalue weighted by molar-refractivity contribution is 0.102. The number of H-pyrrole nitrogens is 1. The van der Waals surface area contributed by atoms with Crippen LogP contribution in [0.5, 0.6) is 0 Å². The van der Waals surface area contributed by atoms with Crippen molar-refractivity contribution in [2.24, 2.45) is 0 Å². The van der Waals surface area contributed by atoms with E-state index in [1.165, 1.54) is 0 Å². The first-order chi connectivity index (χ1) is 7.66. The Morgan fingerprint density at radius 3 is 2.81 bits per heavy atom. The van der Waals surface area contributed by atoms with Gasteiger partial charge in [-0.1, -0.05) is 23.7 Å². The molecule has 0 aliphatic rings. The molecule has 2 aromatic rings. The zero-order chi connectivity index (χ0) is 11.5. The molecule has 0 saturated carbocycles. The van der Waals surface area contributed by atoms with E-state index in [9.17, 15) is 4.79 Å². The number of carbonyl (C=O) groups is 1. The number of benzene rings is 1. The van der Waals surface area contributed by atoms with Gasteiger partial charge >= 0.3 is 0 Å². The molecule has 0 spiro atoms. The Morgan fingerprint density at radius 1 is 1.44 bits per heavy atom. The van der Waals surface area contributed by atoms with E-state index < -0.39 is 0 Å². The number of rotatable bonds is 2. The highest BCUT2D eigenvalue weighted by Crippen LogP contribution is 2.15. The van der Waals surface area contributed by atoms with Crippen molar-refractivity contribution in [3.8, 4) is 0 Å². The topological polar surface area (TPSA) is 96.7 Å². The summed E-state index contributed by atoms with van der Waals surface area (Å²) in [5.74, 6) is -0.138. The lowest BCUT2D eigenvalue weighted by Crippen LogP contribution is -2.13. The minimum absolute atomic E-state index is 0.113. The van der Waals surface area contributed by atoms with Crippen LogP contribution < -0.4 is 11.1 Å². The Balaban J connectivity index is 2.18. The summed E-state index contributed by atoms with van der Waals surface area (Å²) in [5, 5.41) is 8.91. The highest BCUT2D eigenvalue weighted by molar-refractivity contribution is 6.34. The molecule has 1 amide bonds. The fraction of sp³-hybridized carbons (Fsp3) is 0. The number of nitrogens with zero attached hydrogens (tertiary/aromatic N) is 2. The summed E-state index contributed by atoms with van der Waals surface area (Å²) in [5.41, 5.74) is 5.67. The van der Waals surface area contributed by atoms with Gasteiger partial charge in [0.2, 0.25) is 5.95 Å². The lowest BCUT2D eigenvalue weighted by atomic mass is 10.2. The highest BCUT2D eigenvalue weighted by atomic mass is 35.5. The minimum atomic E-state index is -0.385. The SMILES string of the molecule is Nc1nc(NC(=O)c2ccccc2Cl)n[nH]1. The van der Waals surface area contributed by atoms with Crippen LogP contribution in [0.4, 0.5) is 11.9 Å². The average Bonchev–Trinajstić information content (AvgIpc) is 2.64. The molecule has 0 fully saturated rings. The van der Waals surface area contributed by atoms with Gasteiger partial charge in [-0.2, -0.15) is 4.98 Å². The van der Waals surface area contributed by atoms with Crippen LogP contribution in [-0.4, -0.2) is 21.1 Å². The molecule has 0 radical (unpaired) electrons. The molecule has 4 N–H and O–H groups in total. The summed E-state index contributed by atoms with van der Waals surface area (Å²) in [6.45, 7) is 0. The summed E-state index contributed by atoms with van der Waals surface area (Å²) in [6, 6.07) is 6.69. The summed E-state index contributed by atoms with van der Waals surface area (Å²) >= 11 is 5.86. The number of halogens is 1. The number of nitrogens with two attached hydrogens (primary N) is 1. The largest absolute Gasteiger partial charge is 0.368 e. The number of hydrogen-bond acceptors (Lipinski definition) is 4. The Kier molecular flexibility index (Phi) is 2.74. The molecule has 0 unspecified atom stereocenters. The molecule has 0 aliphatic carbocycles. The van der Waals surface area contributed by atoms with E-state index in [4.69, 9.17) is 17.3 Å². The van der Waals surface area contributed by atoms with Gasteiger partial charge in [0, 0.05) is 0 Å². The van der Waals surface area contributed by atoms with Crippen LogP contribution in [-0.2, 0) is 0 Å². The summed E-state index contributed by atoms with van der Waals surface area (Å²) in [6.07, 6.45) is 0. The molecule has 1 aromatic carbocycles. The van der Waals surface area contributed by atoms with E-state index in [2.05, 4.69) is 20.5 Å². The predicted molar refractivity (Wildman–Crippen MR) is 60.2 cm³/mol. The summed E-state index contributed by atoms with van der Waals surface area (Å²) < 4.78 is 0. The third kappa shape index (κ3) is 2.12. The van der Waals surface area contributed by atoms with E-state index in [1.54, 1.807) is 24.3 Å². The molecular weight excluding hydrogens is 230 g/mol. The fourth-order valence-electron chi connectivity index (χ4n) is 1.14. The number of anilines is 2. The molecule has 16 heavy (non-hydrogen) atoms. The quantitative estimate of drug-likeness (QED) is 0.733. The molecule has 0 aliphatic heterocycles. The van der Waals surface area contributed by atoms with Crippen molar-refractivity contribution in [1.82, 2.24) is 15.2 Å². The maximum atomic E-state index is 11.7. The third-order valence-corrected chi connectivity index (χ3v) is 2.18. The van der Waals surface area contributed by atoms with Gasteiger partial charge in [-0.05, 0) is 12.1 Å². The molecule has 1 heterocycles. The minimum Gasteiger partial charge on any atom is -0.368 e. The molecule has 2 rings (SSSR count). The van der Waals surface area contributed by atoms with Crippen LogP contribution in [0, 0.1) is 0 Å². The van der Waals surface area contributed by atoms with E-state index in [1.807, 2.05) is 0 Å². The summed E-state index contributed by atoms with van der Waals surface area (Å²) in [4.78, 5) is 15.5. The van der Waals surface area contributed by atoms with Crippen molar-refractivity contribution in [2.75, 3.05) is 11.1 Å². The van der Waals surface area contributed by atoms with Gasteiger partial charge in [-0.25, -0.2) is 5.10 Å². The number of aromatic amines is 1. The molecule has 0 atom stereocenters. The Morgan fingerprint density at radius 2 is 2.19 bits per heavy atom. The van der Waals surface area contributed by atoms with Gasteiger partial charge in [-0.3, -0.25) is 10.1 Å². The lowest BCUT2D eigenvalue weighted by Gasteiger charge is -2.02. The molecule has 0 bridgehead atoms. The zero-order valence-corrected chi connectivity index (χ0v) is 8.82. The standard InChI is InChI=1S/C9H8ClN5O/c10-6-4-2-1-3-5(6)7(16)12-9-13-8(11)14-15-9/h1-4H,(H4,11,12,13,14,15,16). The third-order valence-electron chi connectivity index (χ3n) is 1.85. The van der Waals surface area contributed by atoms with Crippen LogP contribution in [0.2, 0.25) is 5.02 Å². The van der Waals surface area contributed by atoms with Crippen LogP contribution in [0.3, 0.4) is 0 Å². The van der Waals surface area contributed by atoms with Gasteiger partial charge < -0.3 is 5.73 Å². The first-order valence-electron chi connectivity index (χ1n) is 4.40. The van der Waals surface area contributed by atoms with Gasteiger partial charge in [0.15, 0.2) is 0 Å². The second-order valence-electron chi connectivity index (χ2n) is 2.98. The monoisotopic (exact) mass is 237 g/mol. The van der Waals surface area contributed by atoms with Crippen LogP contribution >= 0.6 is 11.6 Å². The molecule has 0 saturated heterocycles. The normalized spacial score (nSPS) is 10.1. The predicted octanol–water partition coefficient (Wildman–Crippen LogP) is 1.29. The molecule has 7 heteroatoms. The van der Waals surface area contributed by atoms with Gasteiger partial charge in [0.1, 0.15) is 0 Å². The first kappa shape index (κ1) is 10.4. The number of hydrogen-bond donors (Lipinski definition) is 3. The highest BCUT2D eigenvalue weighted by Gasteiger charge is 2.11. The van der Waals surface area contributed by atoms with Crippen molar-refractivity contribution in [2.45, 2.75) is 0 Å². The Labute approximate surface area is 95.8 Å². The van der Waals surface area contributed by atoms with Crippen molar-refractivity contribution in [3.05, 3.63) is 34.9 Å².